The Morgan fingerprint density at radius 3 is 2.53 bits per heavy atom. The number of hydrogen-bond donors (Lipinski definition) is 1. The second-order valence-electron chi connectivity index (χ2n) is 7.68. The molecule has 7 nitrogen and oxygen atoms in total. The zero-order chi connectivity index (χ0) is 20.7. The van der Waals surface area contributed by atoms with Crippen molar-refractivity contribution in [3.8, 4) is 5.95 Å². The highest BCUT2D eigenvalue weighted by Crippen LogP contribution is 2.32. The van der Waals surface area contributed by atoms with Crippen molar-refractivity contribution in [1.82, 2.24) is 19.7 Å². The van der Waals surface area contributed by atoms with E-state index in [1.807, 2.05) is 56.9 Å². The van der Waals surface area contributed by atoms with Crippen LogP contribution >= 0.6 is 12.4 Å². The van der Waals surface area contributed by atoms with Gasteiger partial charge in [-0.3, -0.25) is 4.79 Å². The lowest BCUT2D eigenvalue weighted by Crippen LogP contribution is -2.37. The molecule has 4 rings (SSSR count). The summed E-state index contributed by atoms with van der Waals surface area (Å²) in [4.78, 5) is 24.1. The van der Waals surface area contributed by atoms with Crippen LogP contribution in [0.2, 0.25) is 0 Å². The molecule has 0 radical (unpaired) electrons. The molecular formula is C22H27ClN6O. The number of benzene rings is 1. The molecular weight excluding hydrogens is 400 g/mol. The van der Waals surface area contributed by atoms with Crippen molar-refractivity contribution in [2.75, 3.05) is 17.2 Å². The number of nitrogens with two attached hydrogens (primary N) is 1. The lowest BCUT2D eigenvalue weighted by atomic mass is 9.99. The predicted octanol–water partition coefficient (Wildman–Crippen LogP) is 3.42. The van der Waals surface area contributed by atoms with Gasteiger partial charge in [0.15, 0.2) is 0 Å². The van der Waals surface area contributed by atoms with Crippen molar-refractivity contribution in [2.45, 2.75) is 47.0 Å². The lowest BCUT2D eigenvalue weighted by molar-refractivity contribution is -0.118. The number of halogens is 1. The average Bonchev–Trinajstić information content (AvgIpc) is 2.95. The first kappa shape index (κ1) is 21.8. The van der Waals surface area contributed by atoms with Gasteiger partial charge in [0, 0.05) is 40.6 Å². The largest absolute Gasteiger partial charge is 0.398 e. The quantitative estimate of drug-likeness (QED) is 0.648. The van der Waals surface area contributed by atoms with E-state index in [0.29, 0.717) is 12.5 Å². The average molecular weight is 427 g/mol. The van der Waals surface area contributed by atoms with Crippen molar-refractivity contribution in [1.29, 1.82) is 0 Å². The topological polar surface area (TPSA) is 89.9 Å². The molecule has 0 unspecified atom stereocenters. The molecule has 1 aliphatic heterocycles. The summed E-state index contributed by atoms with van der Waals surface area (Å²) in [5, 5.41) is 4.62. The molecule has 2 N–H and O–H groups in total. The second kappa shape index (κ2) is 8.44. The molecule has 1 aromatic carbocycles. The molecule has 1 aliphatic rings. The fourth-order valence-corrected chi connectivity index (χ4v) is 4.08. The highest BCUT2D eigenvalue weighted by Gasteiger charge is 2.26. The summed E-state index contributed by atoms with van der Waals surface area (Å²) in [5.74, 6) is 0.599. The molecule has 3 heterocycles. The smallest absolute Gasteiger partial charge is 0.251 e. The van der Waals surface area contributed by atoms with Crippen molar-refractivity contribution in [3.05, 3.63) is 58.2 Å². The van der Waals surface area contributed by atoms with Gasteiger partial charge in [0.05, 0.1) is 12.1 Å². The minimum Gasteiger partial charge on any atom is -0.398 e. The molecule has 0 atom stereocenters. The standard InChI is InChI=1S/C22H26N6O.ClH/c1-13-11-14(2)25-22(24-13)28-16(4)18(15(3)26-28)12-21(29)27-10-6-7-17-19(23)8-5-9-20(17)27;/h5,8-9,11H,6-7,10,12,23H2,1-4H3;1H. The summed E-state index contributed by atoms with van der Waals surface area (Å²) in [6.07, 6.45) is 2.11. The van der Waals surface area contributed by atoms with E-state index in [2.05, 4.69) is 15.1 Å². The van der Waals surface area contributed by atoms with Gasteiger partial charge in [-0.2, -0.15) is 5.10 Å². The monoisotopic (exact) mass is 426 g/mol. The summed E-state index contributed by atoms with van der Waals surface area (Å²) in [7, 11) is 0. The molecule has 0 spiro atoms. The van der Waals surface area contributed by atoms with Crippen LogP contribution < -0.4 is 10.6 Å². The first-order chi connectivity index (χ1) is 13.8. The Kier molecular flexibility index (Phi) is 6.12. The zero-order valence-electron chi connectivity index (χ0n) is 17.8. The highest BCUT2D eigenvalue weighted by atomic mass is 35.5. The number of nitrogens with zero attached hydrogens (tertiary/aromatic N) is 5. The summed E-state index contributed by atoms with van der Waals surface area (Å²) in [5.41, 5.74) is 13.3. The van der Waals surface area contributed by atoms with Crippen LogP contribution in [0.4, 0.5) is 11.4 Å². The highest BCUT2D eigenvalue weighted by molar-refractivity contribution is 5.97. The molecule has 0 fully saturated rings. The van der Waals surface area contributed by atoms with E-state index in [9.17, 15) is 4.79 Å². The maximum atomic E-state index is 13.2. The molecule has 2 aromatic heterocycles. The molecule has 0 bridgehead atoms. The zero-order valence-corrected chi connectivity index (χ0v) is 18.6. The van der Waals surface area contributed by atoms with Gasteiger partial charge < -0.3 is 10.6 Å². The van der Waals surface area contributed by atoms with Crippen molar-refractivity contribution in [2.24, 2.45) is 0 Å². The fraction of sp³-hybridized carbons (Fsp3) is 0.364. The predicted molar refractivity (Wildman–Crippen MR) is 121 cm³/mol. The maximum Gasteiger partial charge on any atom is 0.251 e. The van der Waals surface area contributed by atoms with Gasteiger partial charge in [-0.15, -0.1) is 12.4 Å². The first-order valence-corrected chi connectivity index (χ1v) is 9.90. The van der Waals surface area contributed by atoms with Crippen molar-refractivity contribution < 1.29 is 4.79 Å². The van der Waals surface area contributed by atoms with Crippen LogP contribution in [0.25, 0.3) is 5.95 Å². The Morgan fingerprint density at radius 1 is 1.13 bits per heavy atom. The number of amides is 1. The third-order valence-electron chi connectivity index (χ3n) is 5.52. The van der Waals surface area contributed by atoms with Gasteiger partial charge in [-0.1, -0.05) is 6.07 Å². The van der Waals surface area contributed by atoms with E-state index in [-0.39, 0.29) is 24.7 Å². The fourth-order valence-electron chi connectivity index (χ4n) is 4.08. The number of nitrogen functional groups attached to an aromatic ring is 1. The van der Waals surface area contributed by atoms with E-state index in [1.54, 1.807) is 4.68 Å². The molecule has 8 heteroatoms. The van der Waals surface area contributed by atoms with Gasteiger partial charge >= 0.3 is 0 Å². The summed E-state index contributed by atoms with van der Waals surface area (Å²) >= 11 is 0. The van der Waals surface area contributed by atoms with E-state index < -0.39 is 0 Å². The Morgan fingerprint density at radius 2 is 1.83 bits per heavy atom. The Bertz CT molecular complexity index is 1090. The third kappa shape index (κ3) is 3.89. The lowest BCUT2D eigenvalue weighted by Gasteiger charge is -2.30. The van der Waals surface area contributed by atoms with E-state index in [0.717, 1.165) is 58.1 Å². The Labute approximate surface area is 182 Å². The number of rotatable bonds is 3. The minimum absolute atomic E-state index is 0. The number of fused-ring (bicyclic) bond motifs is 1. The van der Waals surface area contributed by atoms with Gasteiger partial charge in [-0.05, 0) is 64.3 Å². The van der Waals surface area contributed by atoms with Crippen LogP contribution in [0.1, 0.15) is 40.3 Å². The number of carbonyl (C=O) groups excluding carboxylic acids is 1. The first-order valence-electron chi connectivity index (χ1n) is 9.90. The van der Waals surface area contributed by atoms with Crippen molar-refractivity contribution >= 4 is 29.7 Å². The van der Waals surface area contributed by atoms with Gasteiger partial charge in [0.2, 0.25) is 5.91 Å². The van der Waals surface area contributed by atoms with Crippen LogP contribution in [0, 0.1) is 27.7 Å². The Hall–Kier alpha value is -2.93. The molecule has 158 valence electrons. The number of hydrogen-bond acceptors (Lipinski definition) is 5. The maximum absolute atomic E-state index is 13.2. The van der Waals surface area contributed by atoms with Crippen LogP contribution in [0.15, 0.2) is 24.3 Å². The van der Waals surface area contributed by atoms with E-state index in [1.165, 1.54) is 0 Å². The van der Waals surface area contributed by atoms with Crippen LogP contribution in [0.5, 0.6) is 0 Å². The number of carbonyl (C=O) groups is 1. The minimum atomic E-state index is 0. The number of aryl methyl sites for hydroxylation is 3. The molecule has 1 amide bonds. The number of aromatic nitrogens is 4. The number of anilines is 2. The van der Waals surface area contributed by atoms with Gasteiger partial charge in [0.25, 0.3) is 5.95 Å². The molecule has 3 aromatic rings. The molecule has 0 saturated heterocycles. The summed E-state index contributed by atoms with van der Waals surface area (Å²) < 4.78 is 1.74. The SMILES string of the molecule is Cc1cc(C)nc(-n2nc(C)c(CC(=O)N3CCCc4c(N)cccc43)c2C)n1.Cl. The second-order valence-corrected chi connectivity index (χ2v) is 7.68. The van der Waals surface area contributed by atoms with Gasteiger partial charge in [0.1, 0.15) is 0 Å². The normalized spacial score (nSPS) is 13.0. The van der Waals surface area contributed by atoms with E-state index in [4.69, 9.17) is 5.73 Å². The molecule has 30 heavy (non-hydrogen) atoms. The molecule has 0 saturated carbocycles. The van der Waals surface area contributed by atoms with E-state index >= 15 is 0 Å². The van der Waals surface area contributed by atoms with Crippen LogP contribution in [-0.2, 0) is 17.6 Å². The third-order valence-corrected chi connectivity index (χ3v) is 5.52. The summed E-state index contributed by atoms with van der Waals surface area (Å²) in [6, 6.07) is 7.72. The Balaban J connectivity index is 0.00000256. The van der Waals surface area contributed by atoms with Crippen molar-refractivity contribution in [3.63, 3.8) is 0 Å². The molecule has 0 aliphatic carbocycles. The van der Waals surface area contributed by atoms with Gasteiger partial charge in [-0.25, -0.2) is 14.6 Å². The summed E-state index contributed by atoms with van der Waals surface area (Å²) in [6.45, 7) is 8.48. The van der Waals surface area contributed by atoms with Crippen LogP contribution in [0.3, 0.4) is 0 Å². The van der Waals surface area contributed by atoms with Crippen LogP contribution in [-0.4, -0.2) is 32.2 Å².